The lowest BCUT2D eigenvalue weighted by Crippen LogP contribution is -2.15. The van der Waals surface area contributed by atoms with Crippen molar-refractivity contribution >= 4 is 12.2 Å². The van der Waals surface area contributed by atoms with Crippen molar-refractivity contribution < 1.29 is 15.0 Å². The third kappa shape index (κ3) is 2.81. The summed E-state index contributed by atoms with van der Waals surface area (Å²) < 4.78 is 0. The van der Waals surface area contributed by atoms with Crippen LogP contribution in [0.2, 0.25) is 0 Å². The molecule has 4 nitrogen and oxygen atoms in total. The van der Waals surface area contributed by atoms with Gasteiger partial charge in [0.1, 0.15) is 0 Å². The molecule has 0 aromatic carbocycles. The summed E-state index contributed by atoms with van der Waals surface area (Å²) in [6.45, 7) is -0.188. The van der Waals surface area contributed by atoms with Crippen LogP contribution in [-0.2, 0) is 4.79 Å². The third-order valence-electron chi connectivity index (χ3n) is 0.958. The molecule has 0 aromatic heterocycles. The molecule has 1 atom stereocenters. The van der Waals surface area contributed by atoms with E-state index < -0.39 is 11.9 Å². The molecule has 1 unspecified atom stereocenters. The number of carboxylic acids is 1. The topological polar surface area (TPSA) is 81.4 Å². The van der Waals surface area contributed by atoms with Crippen LogP contribution < -0.4 is 0 Å². The van der Waals surface area contributed by atoms with Crippen LogP contribution in [0.5, 0.6) is 0 Å². The first-order valence-electron chi connectivity index (χ1n) is 2.56. The third-order valence-corrected chi connectivity index (χ3v) is 0.958. The Morgan fingerprint density at radius 3 is 2.44 bits per heavy atom. The van der Waals surface area contributed by atoms with E-state index in [0.717, 1.165) is 6.21 Å². The summed E-state index contributed by atoms with van der Waals surface area (Å²) in [6, 6.07) is 0. The van der Waals surface area contributed by atoms with Gasteiger partial charge in [0, 0.05) is 12.8 Å². The molecule has 0 rings (SSSR count). The molecule has 0 spiro atoms. The van der Waals surface area contributed by atoms with Gasteiger partial charge in [-0.15, -0.1) is 0 Å². The number of carboxylic acid groups (broad SMARTS) is 1. The monoisotopic (exact) mass is 131 g/mol. The number of nitrogens with one attached hydrogen (secondary N) is 1. The van der Waals surface area contributed by atoms with Crippen LogP contribution in [0.4, 0.5) is 0 Å². The van der Waals surface area contributed by atoms with Crippen molar-refractivity contribution in [1.29, 1.82) is 5.41 Å². The average molecular weight is 131 g/mol. The molecule has 52 valence electrons. The van der Waals surface area contributed by atoms with E-state index in [-0.39, 0.29) is 13.0 Å². The summed E-state index contributed by atoms with van der Waals surface area (Å²) >= 11 is 0. The molecular weight excluding hydrogens is 122 g/mol. The van der Waals surface area contributed by atoms with Crippen molar-refractivity contribution in [3.63, 3.8) is 0 Å². The summed E-state index contributed by atoms with van der Waals surface area (Å²) in [5.74, 6) is -1.88. The maximum absolute atomic E-state index is 10.1. The second kappa shape index (κ2) is 4.03. The fourth-order valence-electron chi connectivity index (χ4n) is 0.417. The molecule has 0 bridgehead atoms. The number of aliphatic hydroxyl groups excluding tert-OH is 1. The van der Waals surface area contributed by atoms with Gasteiger partial charge in [-0.1, -0.05) is 0 Å². The predicted octanol–water partition coefficient (Wildman–Crippen LogP) is -0.281. The van der Waals surface area contributed by atoms with Gasteiger partial charge in [-0.2, -0.15) is 0 Å². The van der Waals surface area contributed by atoms with Gasteiger partial charge in [0.2, 0.25) is 0 Å². The Balaban J connectivity index is 3.68. The van der Waals surface area contributed by atoms with E-state index in [0.29, 0.717) is 0 Å². The van der Waals surface area contributed by atoms with Crippen LogP contribution >= 0.6 is 0 Å². The van der Waals surface area contributed by atoms with Gasteiger partial charge in [-0.3, -0.25) is 4.79 Å². The van der Waals surface area contributed by atoms with Gasteiger partial charge in [0.15, 0.2) is 0 Å². The summed E-state index contributed by atoms with van der Waals surface area (Å²) in [4.78, 5) is 10.1. The summed E-state index contributed by atoms with van der Waals surface area (Å²) in [5, 5.41) is 23.1. The van der Waals surface area contributed by atoms with E-state index in [4.69, 9.17) is 15.6 Å². The molecule has 0 saturated heterocycles. The number of carbonyl (C=O) groups is 1. The van der Waals surface area contributed by atoms with Crippen molar-refractivity contribution in [1.82, 2.24) is 0 Å². The minimum Gasteiger partial charge on any atom is -0.481 e. The second-order valence-corrected chi connectivity index (χ2v) is 1.62. The van der Waals surface area contributed by atoms with Crippen molar-refractivity contribution in [2.45, 2.75) is 6.42 Å². The van der Waals surface area contributed by atoms with E-state index in [1.165, 1.54) is 0 Å². The van der Waals surface area contributed by atoms with Gasteiger partial charge >= 0.3 is 5.97 Å². The number of hydrogen-bond donors (Lipinski definition) is 3. The highest BCUT2D eigenvalue weighted by Crippen LogP contribution is 1.96. The lowest BCUT2D eigenvalue weighted by atomic mass is 10.1. The smallest absolute Gasteiger partial charge is 0.312 e. The lowest BCUT2D eigenvalue weighted by Gasteiger charge is -2.00. The first-order chi connectivity index (χ1) is 4.22. The second-order valence-electron chi connectivity index (χ2n) is 1.62. The molecule has 0 fully saturated rings. The van der Waals surface area contributed by atoms with Gasteiger partial charge in [-0.25, -0.2) is 0 Å². The highest BCUT2D eigenvalue weighted by atomic mass is 16.4. The van der Waals surface area contributed by atoms with Crippen molar-refractivity contribution in [2.24, 2.45) is 5.92 Å². The van der Waals surface area contributed by atoms with Gasteiger partial charge in [-0.05, 0) is 6.42 Å². The molecule has 0 radical (unpaired) electrons. The first-order valence-corrected chi connectivity index (χ1v) is 2.56. The Hall–Kier alpha value is -0.900. The SMILES string of the molecule is N=CC(CCO)C(=O)O. The molecule has 0 aromatic rings. The molecule has 0 heterocycles. The Labute approximate surface area is 52.6 Å². The van der Waals surface area contributed by atoms with Crippen molar-refractivity contribution in [2.75, 3.05) is 6.61 Å². The average Bonchev–Trinajstić information content (AvgIpc) is 1.82. The minimum atomic E-state index is -1.06. The van der Waals surface area contributed by atoms with Gasteiger partial charge in [0.25, 0.3) is 0 Å². The fourth-order valence-corrected chi connectivity index (χ4v) is 0.417. The fraction of sp³-hybridized carbons (Fsp3) is 0.600. The lowest BCUT2D eigenvalue weighted by molar-refractivity contribution is -0.139. The molecule has 0 aliphatic carbocycles. The molecule has 9 heavy (non-hydrogen) atoms. The molecule has 0 saturated carbocycles. The van der Waals surface area contributed by atoms with Crippen LogP contribution in [0.25, 0.3) is 0 Å². The molecule has 0 aliphatic rings. The maximum Gasteiger partial charge on any atom is 0.312 e. The van der Waals surface area contributed by atoms with Crippen LogP contribution in [0.3, 0.4) is 0 Å². The summed E-state index contributed by atoms with van der Waals surface area (Å²) in [7, 11) is 0. The molecule has 3 N–H and O–H groups in total. The van der Waals surface area contributed by atoms with Crippen LogP contribution in [0.1, 0.15) is 6.42 Å². The van der Waals surface area contributed by atoms with E-state index in [2.05, 4.69) is 0 Å². The van der Waals surface area contributed by atoms with Gasteiger partial charge in [0.05, 0.1) is 5.92 Å². The number of rotatable bonds is 4. The van der Waals surface area contributed by atoms with Crippen molar-refractivity contribution in [3.05, 3.63) is 0 Å². The number of hydrogen-bond acceptors (Lipinski definition) is 3. The Bertz CT molecular complexity index is 113. The molecular formula is C5H9NO3. The van der Waals surface area contributed by atoms with Crippen LogP contribution in [0, 0.1) is 11.3 Å². The zero-order valence-electron chi connectivity index (χ0n) is 4.87. The van der Waals surface area contributed by atoms with Crippen LogP contribution in [-0.4, -0.2) is 29.0 Å². The van der Waals surface area contributed by atoms with Crippen molar-refractivity contribution in [3.8, 4) is 0 Å². The van der Waals surface area contributed by atoms with Gasteiger partial charge < -0.3 is 15.6 Å². The van der Waals surface area contributed by atoms with E-state index in [9.17, 15) is 4.79 Å². The van der Waals surface area contributed by atoms with E-state index in [1.807, 2.05) is 0 Å². The standard InChI is InChI=1S/C5H9NO3/c6-3-4(1-2-7)5(8)9/h3-4,6-7H,1-2H2,(H,8,9). The number of aliphatic hydroxyl groups is 1. The highest BCUT2D eigenvalue weighted by molar-refractivity contribution is 5.87. The Morgan fingerprint density at radius 2 is 2.33 bits per heavy atom. The highest BCUT2D eigenvalue weighted by Gasteiger charge is 2.11. The van der Waals surface area contributed by atoms with E-state index >= 15 is 0 Å². The minimum absolute atomic E-state index is 0.124. The molecule has 4 heteroatoms. The zero-order valence-corrected chi connectivity index (χ0v) is 4.87. The first kappa shape index (κ1) is 8.10. The maximum atomic E-state index is 10.1. The summed E-state index contributed by atoms with van der Waals surface area (Å²) in [6.07, 6.45) is 0.942. The normalized spacial score (nSPS) is 12.6. The largest absolute Gasteiger partial charge is 0.481 e. The predicted molar refractivity (Wildman–Crippen MR) is 31.6 cm³/mol. The Kier molecular flexibility index (Phi) is 3.62. The Morgan fingerprint density at radius 1 is 1.78 bits per heavy atom. The molecule has 0 amide bonds. The summed E-state index contributed by atoms with van der Waals surface area (Å²) in [5.41, 5.74) is 0. The number of aliphatic carboxylic acids is 1. The quantitative estimate of drug-likeness (QED) is 0.459. The molecule has 0 aliphatic heterocycles. The van der Waals surface area contributed by atoms with E-state index in [1.54, 1.807) is 0 Å². The zero-order chi connectivity index (χ0) is 7.28. The van der Waals surface area contributed by atoms with Crippen LogP contribution in [0.15, 0.2) is 0 Å².